The lowest BCUT2D eigenvalue weighted by molar-refractivity contribution is -0.140. The SMILES string of the molecule is CCOC(=O)CS(=O)(=O)N(CC=Cc1cccc(C(=N)N)c1)c1ccc(OC2CCN(C(C)=O)CC2)c(Cl)c1. The molecule has 2 aromatic rings. The Balaban J connectivity index is 1.82. The molecule has 0 spiro atoms. The van der Waals surface area contributed by atoms with Gasteiger partial charge in [-0.15, -0.1) is 0 Å². The molecule has 39 heavy (non-hydrogen) atoms. The number of nitrogens with one attached hydrogen (secondary N) is 1. The molecule has 1 saturated heterocycles. The van der Waals surface area contributed by atoms with Gasteiger partial charge in [0.1, 0.15) is 17.7 Å². The smallest absolute Gasteiger partial charge is 0.323 e. The second-order valence-corrected chi connectivity index (χ2v) is 11.3. The van der Waals surface area contributed by atoms with Crippen LogP contribution in [0.3, 0.4) is 0 Å². The average Bonchev–Trinajstić information content (AvgIpc) is 2.88. The molecule has 1 aliphatic heterocycles. The number of sulfonamides is 1. The Morgan fingerprint density at radius 2 is 1.92 bits per heavy atom. The van der Waals surface area contributed by atoms with Crippen molar-refractivity contribution in [3.8, 4) is 5.75 Å². The molecule has 10 nitrogen and oxygen atoms in total. The molecule has 0 aromatic heterocycles. The third-order valence-electron chi connectivity index (χ3n) is 6.10. The van der Waals surface area contributed by atoms with Crippen molar-refractivity contribution in [1.82, 2.24) is 4.90 Å². The minimum atomic E-state index is -4.13. The van der Waals surface area contributed by atoms with Gasteiger partial charge < -0.3 is 20.1 Å². The van der Waals surface area contributed by atoms with Gasteiger partial charge in [0, 0.05) is 38.4 Å². The highest BCUT2D eigenvalue weighted by Gasteiger charge is 2.27. The van der Waals surface area contributed by atoms with Crippen molar-refractivity contribution >= 4 is 51.1 Å². The van der Waals surface area contributed by atoms with Crippen LogP contribution in [0, 0.1) is 5.41 Å². The van der Waals surface area contributed by atoms with Crippen LogP contribution in [-0.4, -0.2) is 69.1 Å². The van der Waals surface area contributed by atoms with Crippen LogP contribution in [0.1, 0.15) is 37.8 Å². The van der Waals surface area contributed by atoms with E-state index in [2.05, 4.69) is 0 Å². The molecule has 3 N–H and O–H groups in total. The highest BCUT2D eigenvalue weighted by molar-refractivity contribution is 7.93. The summed E-state index contributed by atoms with van der Waals surface area (Å²) in [6.07, 6.45) is 4.52. The molecule has 1 amide bonds. The molecular formula is C27H33ClN4O6S. The van der Waals surface area contributed by atoms with Gasteiger partial charge in [-0.1, -0.05) is 42.0 Å². The second kappa shape index (κ2) is 13.5. The normalized spacial score (nSPS) is 14.3. The zero-order valence-electron chi connectivity index (χ0n) is 21.9. The maximum atomic E-state index is 13.2. The van der Waals surface area contributed by atoms with Gasteiger partial charge in [0.15, 0.2) is 5.75 Å². The molecule has 1 fully saturated rings. The summed E-state index contributed by atoms with van der Waals surface area (Å²) in [5.41, 5.74) is 7.08. The van der Waals surface area contributed by atoms with E-state index in [-0.39, 0.29) is 41.7 Å². The topological polar surface area (TPSA) is 143 Å². The fraction of sp³-hybridized carbons (Fsp3) is 0.370. The number of benzene rings is 2. The second-order valence-electron chi connectivity index (χ2n) is 8.97. The zero-order chi connectivity index (χ0) is 28.6. The summed E-state index contributed by atoms with van der Waals surface area (Å²) < 4.78 is 38.5. The first kappa shape index (κ1) is 30.0. The number of piperidine rings is 1. The van der Waals surface area contributed by atoms with Gasteiger partial charge >= 0.3 is 5.97 Å². The number of anilines is 1. The highest BCUT2D eigenvalue weighted by Crippen LogP contribution is 2.32. The Kier molecular flexibility index (Phi) is 10.4. The number of nitrogens with two attached hydrogens (primary N) is 1. The largest absolute Gasteiger partial charge is 0.489 e. The van der Waals surface area contributed by atoms with Gasteiger partial charge in [-0.25, -0.2) is 8.42 Å². The zero-order valence-corrected chi connectivity index (χ0v) is 23.5. The highest BCUT2D eigenvalue weighted by atomic mass is 35.5. The number of rotatable bonds is 11. The fourth-order valence-corrected chi connectivity index (χ4v) is 5.62. The molecule has 0 atom stereocenters. The predicted octanol–water partition coefficient (Wildman–Crippen LogP) is 3.43. The van der Waals surface area contributed by atoms with Crippen molar-refractivity contribution in [2.45, 2.75) is 32.8 Å². The Labute approximate surface area is 233 Å². The predicted molar refractivity (Wildman–Crippen MR) is 152 cm³/mol. The van der Waals surface area contributed by atoms with Crippen molar-refractivity contribution in [2.75, 3.05) is 36.3 Å². The number of hydrogen-bond acceptors (Lipinski definition) is 7. The van der Waals surface area contributed by atoms with E-state index in [4.69, 9.17) is 32.2 Å². The number of carbonyl (C=O) groups is 2. The quantitative estimate of drug-likeness (QED) is 0.237. The molecule has 1 heterocycles. The van der Waals surface area contributed by atoms with Crippen LogP contribution in [-0.2, 0) is 24.3 Å². The molecule has 0 radical (unpaired) electrons. The maximum absolute atomic E-state index is 13.2. The first-order chi connectivity index (χ1) is 18.5. The summed E-state index contributed by atoms with van der Waals surface area (Å²) in [6, 6.07) is 11.6. The minimum absolute atomic E-state index is 0.0283. The maximum Gasteiger partial charge on any atom is 0.323 e. The number of nitrogen functional groups attached to an aromatic ring is 1. The van der Waals surface area contributed by atoms with Crippen molar-refractivity contribution in [2.24, 2.45) is 5.73 Å². The molecule has 3 rings (SSSR count). The monoisotopic (exact) mass is 576 g/mol. The summed E-state index contributed by atoms with van der Waals surface area (Å²) >= 11 is 6.50. The van der Waals surface area contributed by atoms with Crippen LogP contribution in [0.25, 0.3) is 6.08 Å². The first-order valence-electron chi connectivity index (χ1n) is 12.5. The van der Waals surface area contributed by atoms with Crippen LogP contribution in [0.2, 0.25) is 5.02 Å². The van der Waals surface area contributed by atoms with E-state index in [9.17, 15) is 18.0 Å². The summed E-state index contributed by atoms with van der Waals surface area (Å²) in [6.45, 7) is 4.30. The van der Waals surface area contributed by atoms with Crippen molar-refractivity contribution < 1.29 is 27.5 Å². The lowest BCUT2D eigenvalue weighted by Gasteiger charge is -2.31. The number of nitrogens with zero attached hydrogens (tertiary/aromatic N) is 2. The van der Waals surface area contributed by atoms with E-state index in [1.54, 1.807) is 60.4 Å². The number of hydrogen-bond donors (Lipinski definition) is 2. The fourth-order valence-electron chi connectivity index (χ4n) is 4.11. The van der Waals surface area contributed by atoms with Gasteiger partial charge in [0.05, 0.1) is 23.9 Å². The van der Waals surface area contributed by atoms with Crippen LogP contribution < -0.4 is 14.8 Å². The summed E-state index contributed by atoms with van der Waals surface area (Å²) in [5, 5.41) is 7.82. The average molecular weight is 577 g/mol. The van der Waals surface area contributed by atoms with Crippen LogP contribution in [0.15, 0.2) is 48.5 Å². The molecular weight excluding hydrogens is 544 g/mol. The molecule has 1 aliphatic rings. The number of amides is 1. The Hall–Kier alpha value is -3.57. The number of esters is 1. The Morgan fingerprint density at radius 1 is 1.21 bits per heavy atom. The number of ether oxygens (including phenoxy) is 2. The molecule has 2 aromatic carbocycles. The number of halogens is 1. The molecule has 0 saturated carbocycles. The van der Waals surface area contributed by atoms with Crippen LogP contribution >= 0.6 is 11.6 Å². The molecule has 0 aliphatic carbocycles. The molecule has 12 heteroatoms. The van der Waals surface area contributed by atoms with E-state index in [1.165, 1.54) is 13.0 Å². The van der Waals surface area contributed by atoms with Gasteiger partial charge in [0.2, 0.25) is 15.9 Å². The first-order valence-corrected chi connectivity index (χ1v) is 14.5. The summed E-state index contributed by atoms with van der Waals surface area (Å²) in [4.78, 5) is 25.4. The number of likely N-dealkylation sites (tertiary alicyclic amines) is 1. The number of amidine groups is 1. The van der Waals surface area contributed by atoms with E-state index in [0.717, 1.165) is 9.87 Å². The molecule has 0 bridgehead atoms. The Morgan fingerprint density at radius 3 is 2.54 bits per heavy atom. The summed E-state index contributed by atoms with van der Waals surface area (Å²) in [5.74, 6) is -1.34. The standard InChI is InChI=1S/C27H33ClN4O6S/c1-3-37-26(34)18-39(35,36)32(13-5-7-20-6-4-8-21(16-20)27(29)30)22-9-10-25(24(28)17-22)38-23-11-14-31(15-12-23)19(2)33/h4-10,16-17,23H,3,11-15,18H2,1-2H3,(H3,29,30). The van der Waals surface area contributed by atoms with Crippen LogP contribution in [0.4, 0.5) is 5.69 Å². The molecule has 210 valence electrons. The molecule has 0 unspecified atom stereocenters. The Bertz CT molecular complexity index is 1340. The van der Waals surface area contributed by atoms with E-state index < -0.39 is 21.7 Å². The number of carbonyl (C=O) groups excluding carboxylic acids is 2. The van der Waals surface area contributed by atoms with Crippen molar-refractivity contribution in [3.63, 3.8) is 0 Å². The van der Waals surface area contributed by atoms with Gasteiger partial charge in [-0.05, 0) is 36.8 Å². The lowest BCUT2D eigenvalue weighted by atomic mass is 10.1. The minimum Gasteiger partial charge on any atom is -0.489 e. The third-order valence-corrected chi connectivity index (χ3v) is 8.03. The van der Waals surface area contributed by atoms with Gasteiger partial charge in [0.25, 0.3) is 0 Å². The summed E-state index contributed by atoms with van der Waals surface area (Å²) in [7, 11) is -4.13. The van der Waals surface area contributed by atoms with E-state index in [0.29, 0.717) is 37.2 Å². The van der Waals surface area contributed by atoms with Crippen molar-refractivity contribution in [1.29, 1.82) is 5.41 Å². The van der Waals surface area contributed by atoms with E-state index in [1.807, 2.05) is 0 Å². The van der Waals surface area contributed by atoms with Crippen molar-refractivity contribution in [3.05, 3.63) is 64.7 Å². The van der Waals surface area contributed by atoms with Gasteiger partial charge in [-0.3, -0.25) is 19.3 Å². The lowest BCUT2D eigenvalue weighted by Crippen LogP contribution is -2.40. The van der Waals surface area contributed by atoms with E-state index >= 15 is 0 Å². The van der Waals surface area contributed by atoms with Crippen LogP contribution in [0.5, 0.6) is 5.75 Å². The van der Waals surface area contributed by atoms with Gasteiger partial charge in [-0.2, -0.15) is 0 Å². The third kappa shape index (κ3) is 8.46.